The van der Waals surface area contributed by atoms with Crippen LogP contribution in [0, 0.1) is 0 Å². The molecule has 0 amide bonds. The van der Waals surface area contributed by atoms with Crippen molar-refractivity contribution in [1.29, 1.82) is 0 Å². The topological polar surface area (TPSA) is 47.8 Å². The number of Topliss-reactive ketones (excluding diaryl/α,β-unsaturated/α-hetero) is 1. The molecule has 6 heteroatoms. The molecule has 0 spiro atoms. The molecule has 100 valence electrons. The third kappa shape index (κ3) is 3.09. The van der Waals surface area contributed by atoms with Crippen LogP contribution in [0.5, 0.6) is 0 Å². The minimum atomic E-state index is 0.112. The summed E-state index contributed by atoms with van der Waals surface area (Å²) in [4.78, 5) is 16.5. The molecule has 1 aromatic heterocycles. The van der Waals surface area contributed by atoms with Crippen LogP contribution in [0.2, 0.25) is 0 Å². The highest BCUT2D eigenvalue weighted by Crippen LogP contribution is 2.32. The van der Waals surface area contributed by atoms with Crippen LogP contribution in [0.3, 0.4) is 0 Å². The van der Waals surface area contributed by atoms with Crippen LogP contribution < -0.4 is 0 Å². The van der Waals surface area contributed by atoms with Gasteiger partial charge in [-0.05, 0) is 13.8 Å². The van der Waals surface area contributed by atoms with Gasteiger partial charge in [0.05, 0.1) is 11.7 Å². The van der Waals surface area contributed by atoms with E-state index in [1.807, 2.05) is 16.4 Å². The first-order valence-corrected chi connectivity index (χ1v) is 8.33. The maximum Gasteiger partial charge on any atom is 0.154 e. The molecule has 1 aliphatic rings. The van der Waals surface area contributed by atoms with Crippen LogP contribution >= 0.6 is 23.5 Å². The van der Waals surface area contributed by atoms with E-state index < -0.39 is 0 Å². The van der Waals surface area contributed by atoms with Crippen molar-refractivity contribution in [2.24, 2.45) is 0 Å². The number of aromatic nitrogens is 3. The van der Waals surface area contributed by atoms with Gasteiger partial charge in [0.25, 0.3) is 0 Å². The predicted octanol–water partition coefficient (Wildman–Crippen LogP) is 2.21. The summed E-state index contributed by atoms with van der Waals surface area (Å²) in [6.45, 7) is 6.25. The molecule has 4 nitrogen and oxygen atoms in total. The van der Waals surface area contributed by atoms with Crippen molar-refractivity contribution in [3.63, 3.8) is 0 Å². The van der Waals surface area contributed by atoms with Crippen LogP contribution in [0.4, 0.5) is 0 Å². The summed E-state index contributed by atoms with van der Waals surface area (Å²) in [5, 5.41) is 4.70. The highest BCUT2D eigenvalue weighted by atomic mass is 32.2. The van der Waals surface area contributed by atoms with Crippen LogP contribution in [0.15, 0.2) is 6.33 Å². The first-order chi connectivity index (χ1) is 8.59. The second-order valence-electron chi connectivity index (χ2n) is 4.72. The zero-order valence-corrected chi connectivity index (χ0v) is 12.6. The van der Waals surface area contributed by atoms with Crippen LogP contribution in [0.1, 0.15) is 32.6 Å². The summed E-state index contributed by atoms with van der Waals surface area (Å²) in [6.07, 6.45) is 1.94. The molecule has 1 saturated heterocycles. The number of carbonyl (C=O) groups excluding carboxylic acids is 1. The number of ketones is 1. The van der Waals surface area contributed by atoms with E-state index >= 15 is 0 Å². The smallest absolute Gasteiger partial charge is 0.154 e. The summed E-state index contributed by atoms with van der Waals surface area (Å²) in [6, 6.07) is 0.251. The molecule has 0 N–H and O–H groups in total. The molecule has 2 rings (SSSR count). The number of rotatable bonds is 4. The van der Waals surface area contributed by atoms with Gasteiger partial charge in [-0.25, -0.2) is 9.67 Å². The SMILES string of the molecule is CC1SCCSC1C(=O)Cc1ncnn1C(C)C. The van der Waals surface area contributed by atoms with Gasteiger partial charge in [-0.15, -0.1) is 11.8 Å². The van der Waals surface area contributed by atoms with E-state index in [1.165, 1.54) is 6.33 Å². The van der Waals surface area contributed by atoms with Crippen molar-refractivity contribution >= 4 is 29.3 Å². The van der Waals surface area contributed by atoms with Gasteiger partial charge >= 0.3 is 0 Å². The number of thioether (sulfide) groups is 2. The molecule has 1 aliphatic heterocycles. The Morgan fingerprint density at radius 1 is 1.50 bits per heavy atom. The number of hydrogen-bond acceptors (Lipinski definition) is 5. The fraction of sp³-hybridized carbons (Fsp3) is 0.750. The first kappa shape index (κ1) is 13.9. The molecule has 0 bridgehead atoms. The van der Waals surface area contributed by atoms with Gasteiger partial charge in [-0.2, -0.15) is 16.9 Å². The highest BCUT2D eigenvalue weighted by Gasteiger charge is 2.29. The lowest BCUT2D eigenvalue weighted by Gasteiger charge is -2.26. The standard InChI is InChI=1S/C12H19N3OS2/c1-8(2)15-11(13-7-14-15)6-10(16)12-9(3)17-4-5-18-12/h7-9,12H,4-6H2,1-3H3. The van der Waals surface area contributed by atoms with Gasteiger partial charge in [0.1, 0.15) is 12.2 Å². The van der Waals surface area contributed by atoms with Crippen molar-refractivity contribution in [2.75, 3.05) is 11.5 Å². The maximum absolute atomic E-state index is 12.3. The minimum Gasteiger partial charge on any atom is -0.298 e. The number of hydrogen-bond donors (Lipinski definition) is 0. The van der Waals surface area contributed by atoms with Crippen LogP contribution in [-0.2, 0) is 11.2 Å². The van der Waals surface area contributed by atoms with Gasteiger partial charge in [-0.1, -0.05) is 6.92 Å². The lowest BCUT2D eigenvalue weighted by Crippen LogP contribution is -2.33. The number of nitrogens with zero attached hydrogens (tertiary/aromatic N) is 3. The molecule has 0 aromatic carbocycles. The Morgan fingerprint density at radius 3 is 2.89 bits per heavy atom. The third-order valence-electron chi connectivity index (χ3n) is 2.97. The Labute approximate surface area is 116 Å². The van der Waals surface area contributed by atoms with Gasteiger partial charge in [0.2, 0.25) is 0 Å². The van der Waals surface area contributed by atoms with Crippen molar-refractivity contribution in [3.05, 3.63) is 12.2 Å². The number of carbonyl (C=O) groups is 1. The highest BCUT2D eigenvalue weighted by molar-refractivity contribution is 8.07. The Balaban J connectivity index is 2.04. The molecule has 0 saturated carbocycles. The van der Waals surface area contributed by atoms with E-state index in [2.05, 4.69) is 30.9 Å². The van der Waals surface area contributed by atoms with Crippen molar-refractivity contribution in [2.45, 2.75) is 43.7 Å². The van der Waals surface area contributed by atoms with Gasteiger partial charge in [0, 0.05) is 22.8 Å². The van der Waals surface area contributed by atoms with E-state index in [9.17, 15) is 4.79 Å². The van der Waals surface area contributed by atoms with E-state index in [0.717, 1.165) is 17.3 Å². The Morgan fingerprint density at radius 2 is 2.22 bits per heavy atom. The quantitative estimate of drug-likeness (QED) is 0.849. The van der Waals surface area contributed by atoms with E-state index in [-0.39, 0.29) is 17.1 Å². The lowest BCUT2D eigenvalue weighted by atomic mass is 10.1. The molecule has 2 heterocycles. The summed E-state index contributed by atoms with van der Waals surface area (Å²) < 4.78 is 1.84. The zero-order valence-electron chi connectivity index (χ0n) is 11.0. The molecular weight excluding hydrogens is 266 g/mol. The molecule has 2 atom stereocenters. The van der Waals surface area contributed by atoms with Crippen LogP contribution in [0.25, 0.3) is 0 Å². The van der Waals surface area contributed by atoms with Crippen molar-refractivity contribution < 1.29 is 4.79 Å². The molecule has 18 heavy (non-hydrogen) atoms. The fourth-order valence-electron chi connectivity index (χ4n) is 2.08. The van der Waals surface area contributed by atoms with Gasteiger partial charge < -0.3 is 0 Å². The molecule has 1 aromatic rings. The summed E-state index contributed by atoms with van der Waals surface area (Å²) >= 11 is 3.68. The van der Waals surface area contributed by atoms with Crippen molar-refractivity contribution in [1.82, 2.24) is 14.8 Å². The van der Waals surface area contributed by atoms with E-state index in [4.69, 9.17) is 0 Å². The largest absolute Gasteiger partial charge is 0.298 e. The third-order valence-corrected chi connectivity index (χ3v) is 6.11. The average Bonchev–Trinajstić information content (AvgIpc) is 2.77. The first-order valence-electron chi connectivity index (χ1n) is 6.24. The molecule has 2 unspecified atom stereocenters. The van der Waals surface area contributed by atoms with Crippen LogP contribution in [-0.4, -0.2) is 42.6 Å². The van der Waals surface area contributed by atoms with E-state index in [1.54, 1.807) is 11.8 Å². The lowest BCUT2D eigenvalue weighted by molar-refractivity contribution is -0.118. The maximum atomic E-state index is 12.3. The molecule has 0 radical (unpaired) electrons. The summed E-state index contributed by atoms with van der Waals surface area (Å²) in [7, 11) is 0. The second kappa shape index (κ2) is 6.10. The van der Waals surface area contributed by atoms with Crippen molar-refractivity contribution in [3.8, 4) is 0 Å². The normalized spacial score (nSPS) is 24.4. The molecule has 1 fully saturated rings. The zero-order chi connectivity index (χ0) is 13.1. The summed E-state index contributed by atoms with van der Waals surface area (Å²) in [5.41, 5.74) is 0. The van der Waals surface area contributed by atoms with Gasteiger partial charge in [-0.3, -0.25) is 4.79 Å². The monoisotopic (exact) mass is 285 g/mol. The van der Waals surface area contributed by atoms with Gasteiger partial charge in [0.15, 0.2) is 5.78 Å². The fourth-order valence-corrected chi connectivity index (χ4v) is 4.81. The Hall–Kier alpha value is -0.490. The second-order valence-corrected chi connectivity index (χ2v) is 7.46. The average molecular weight is 285 g/mol. The molecule has 0 aliphatic carbocycles. The Bertz CT molecular complexity index is 419. The Kier molecular flexibility index (Phi) is 4.72. The molecular formula is C12H19N3OS2. The minimum absolute atomic E-state index is 0.112. The van der Waals surface area contributed by atoms with E-state index in [0.29, 0.717) is 11.7 Å². The predicted molar refractivity (Wildman–Crippen MR) is 77.3 cm³/mol. The summed E-state index contributed by atoms with van der Waals surface area (Å²) in [5.74, 6) is 3.30.